The van der Waals surface area contributed by atoms with Crippen LogP contribution in [0.25, 0.3) is 0 Å². The van der Waals surface area contributed by atoms with Crippen molar-refractivity contribution in [3.63, 3.8) is 0 Å². The van der Waals surface area contributed by atoms with E-state index in [-0.39, 0.29) is 35.8 Å². The first kappa shape index (κ1) is 27.6. The Morgan fingerprint density at radius 2 is 1.70 bits per heavy atom. The number of hydrogen-bond donors (Lipinski definition) is 1. The molecule has 0 aromatic heterocycles. The largest absolute Gasteiger partial charge is 0.504 e. The van der Waals surface area contributed by atoms with Crippen LogP contribution in [0.4, 0.5) is 5.69 Å². The third kappa shape index (κ3) is 3.44. The van der Waals surface area contributed by atoms with Gasteiger partial charge in [0.25, 0.3) is 11.8 Å². The molecule has 2 aliphatic heterocycles. The number of hydrogen-bond acceptors (Lipinski definition) is 6. The Labute approximate surface area is 252 Å². The van der Waals surface area contributed by atoms with Gasteiger partial charge >= 0.3 is 0 Å². The molecule has 3 fully saturated rings. The maximum absolute atomic E-state index is 14.0. The summed E-state index contributed by atoms with van der Waals surface area (Å²) in [7, 11) is 2.69. The number of methoxy groups -OCH3 is 1. The number of amides is 4. The Bertz CT molecular complexity index is 1550. The summed E-state index contributed by atoms with van der Waals surface area (Å²) in [6.07, 6.45) is 1.86. The van der Waals surface area contributed by atoms with Gasteiger partial charge in [0.2, 0.25) is 11.8 Å². The van der Waals surface area contributed by atoms with Crippen LogP contribution in [0.1, 0.15) is 24.3 Å². The highest BCUT2D eigenvalue weighted by Crippen LogP contribution is 2.66. The first-order valence-electron chi connectivity index (χ1n) is 12.5. The summed E-state index contributed by atoms with van der Waals surface area (Å²) < 4.78 is 5.88. The van der Waals surface area contributed by atoms with Crippen molar-refractivity contribution in [3.05, 3.63) is 63.1 Å². The molecule has 8 nitrogen and oxygen atoms in total. The van der Waals surface area contributed by atoms with Crippen molar-refractivity contribution in [2.24, 2.45) is 17.8 Å². The van der Waals surface area contributed by atoms with E-state index in [1.54, 1.807) is 42.5 Å². The fraction of sp³-hybridized carbons (Fsp3) is 0.357. The number of anilines is 1. The van der Waals surface area contributed by atoms with Gasteiger partial charge in [0.1, 0.15) is 0 Å². The van der Waals surface area contributed by atoms with Crippen molar-refractivity contribution in [1.29, 1.82) is 0 Å². The number of carbonyl (C=O) groups is 4. The molecule has 1 saturated carbocycles. The number of phenols is 1. The van der Waals surface area contributed by atoms with E-state index in [1.165, 1.54) is 14.2 Å². The third-order valence-corrected chi connectivity index (χ3v) is 10.8. The topological polar surface area (TPSA) is 104 Å². The van der Waals surface area contributed by atoms with Gasteiger partial charge in [0, 0.05) is 28.0 Å². The van der Waals surface area contributed by atoms with Gasteiger partial charge in [-0.2, -0.15) is 0 Å². The highest BCUT2D eigenvalue weighted by Gasteiger charge is 2.76. The molecule has 12 heteroatoms. The number of halogens is 4. The van der Waals surface area contributed by atoms with Crippen LogP contribution in [-0.2, 0) is 19.2 Å². The number of carbonyl (C=O) groups excluding carboxylic acids is 4. The molecule has 0 radical (unpaired) electrons. The molecule has 4 aliphatic rings. The smallest absolute Gasteiger partial charge is 0.253 e. The summed E-state index contributed by atoms with van der Waals surface area (Å²) in [5.74, 6) is -5.74. The van der Waals surface area contributed by atoms with Gasteiger partial charge in [-0.1, -0.05) is 39.2 Å². The molecular weight excluding hydrogens is 647 g/mol. The molecule has 40 heavy (non-hydrogen) atoms. The van der Waals surface area contributed by atoms with Crippen LogP contribution in [0.2, 0.25) is 5.02 Å². The van der Waals surface area contributed by atoms with E-state index in [4.69, 9.17) is 39.5 Å². The van der Waals surface area contributed by atoms with Gasteiger partial charge in [0.05, 0.1) is 24.6 Å². The van der Waals surface area contributed by atoms with Crippen molar-refractivity contribution in [3.8, 4) is 11.5 Å². The SMILES string of the molecule is COc1cc(Br)cc([C@H]2C3=CC[C@@H]4C(=O)N(c5ccc(Cl)cc5)C(=O)[C@@H]4[C@@H]3C[C@@]3(Cl)C(=O)N(C)C(=O)[C@@]23Cl)c1O. The molecule has 2 saturated heterocycles. The monoisotopic (exact) mass is 666 g/mol. The molecule has 6 rings (SSSR count). The Morgan fingerprint density at radius 1 is 1.02 bits per heavy atom. The number of imide groups is 2. The van der Waals surface area contributed by atoms with E-state index in [9.17, 15) is 24.3 Å². The second-order valence-electron chi connectivity index (χ2n) is 10.5. The lowest BCUT2D eigenvalue weighted by Crippen LogP contribution is -2.60. The lowest BCUT2D eigenvalue weighted by molar-refractivity contribution is -0.138. The van der Waals surface area contributed by atoms with E-state index in [1.807, 2.05) is 0 Å². The maximum atomic E-state index is 14.0. The quantitative estimate of drug-likeness (QED) is 0.280. The Kier molecular flexibility index (Phi) is 6.35. The maximum Gasteiger partial charge on any atom is 0.253 e. The number of benzene rings is 2. The van der Waals surface area contributed by atoms with Crippen molar-refractivity contribution in [1.82, 2.24) is 4.90 Å². The first-order valence-corrected chi connectivity index (χ1v) is 14.4. The highest BCUT2D eigenvalue weighted by molar-refractivity contribution is 9.10. The number of likely N-dealkylation sites (tertiary alicyclic amines) is 1. The zero-order chi connectivity index (χ0) is 28.9. The molecule has 0 bridgehead atoms. The standard InChI is InChI=1S/C28H22BrCl3N2O6/c1-33-25(38)27(31)11-18-15(21(28(27,32)26(33)39)17-9-12(29)10-19(40-2)22(17)35)7-8-16-20(18)24(37)34(23(16)36)14-5-3-13(30)4-6-14/h3-7,9-10,16,18,20-21,35H,8,11H2,1-2H3/t16-,18+,20-,21+,27+,28-/m0/s1. The zero-order valence-electron chi connectivity index (χ0n) is 21.2. The summed E-state index contributed by atoms with van der Waals surface area (Å²) in [6.45, 7) is 0. The zero-order valence-corrected chi connectivity index (χ0v) is 25.0. The predicted molar refractivity (Wildman–Crippen MR) is 152 cm³/mol. The number of ether oxygens (including phenoxy) is 1. The van der Waals surface area contributed by atoms with Crippen LogP contribution >= 0.6 is 50.7 Å². The Balaban J connectivity index is 1.55. The number of aromatic hydroxyl groups is 1. The molecule has 0 unspecified atom stereocenters. The predicted octanol–water partition coefficient (Wildman–Crippen LogP) is 5.01. The number of fused-ring (bicyclic) bond motifs is 4. The van der Waals surface area contributed by atoms with Crippen LogP contribution in [0.3, 0.4) is 0 Å². The van der Waals surface area contributed by atoms with E-state index >= 15 is 0 Å². The molecule has 2 aliphatic carbocycles. The van der Waals surface area contributed by atoms with Crippen LogP contribution in [0.15, 0.2) is 52.5 Å². The summed E-state index contributed by atoms with van der Waals surface area (Å²) in [5, 5.41) is 11.7. The van der Waals surface area contributed by atoms with Gasteiger partial charge in [-0.3, -0.25) is 29.0 Å². The van der Waals surface area contributed by atoms with Crippen molar-refractivity contribution >= 4 is 80.0 Å². The summed E-state index contributed by atoms with van der Waals surface area (Å²) in [4.78, 5) is 52.9. The third-order valence-electron chi connectivity index (χ3n) is 8.70. The first-order chi connectivity index (χ1) is 18.9. The number of rotatable bonds is 3. The molecule has 2 aromatic carbocycles. The molecule has 1 N–H and O–H groups in total. The van der Waals surface area contributed by atoms with Gasteiger partial charge < -0.3 is 9.84 Å². The second-order valence-corrected chi connectivity index (χ2v) is 13.1. The average molecular weight is 669 g/mol. The molecule has 6 atom stereocenters. The van der Waals surface area contributed by atoms with Crippen LogP contribution in [0.5, 0.6) is 11.5 Å². The Hall–Kier alpha value is -2.59. The van der Waals surface area contributed by atoms with Gasteiger partial charge in [-0.25, -0.2) is 0 Å². The van der Waals surface area contributed by atoms with Crippen LogP contribution < -0.4 is 9.64 Å². The van der Waals surface area contributed by atoms with Crippen LogP contribution in [-0.4, -0.2) is 57.5 Å². The van der Waals surface area contributed by atoms with E-state index in [2.05, 4.69) is 15.9 Å². The minimum Gasteiger partial charge on any atom is -0.504 e. The van der Waals surface area contributed by atoms with Crippen molar-refractivity contribution in [2.45, 2.75) is 28.5 Å². The number of alkyl halides is 2. The summed E-state index contributed by atoms with van der Waals surface area (Å²) in [5.41, 5.74) is 1.16. The number of nitrogens with zero attached hydrogens (tertiary/aromatic N) is 2. The van der Waals surface area contributed by atoms with E-state index in [0.717, 1.165) is 9.80 Å². The van der Waals surface area contributed by atoms with Gasteiger partial charge in [-0.15, -0.1) is 23.2 Å². The molecule has 208 valence electrons. The van der Waals surface area contributed by atoms with Gasteiger partial charge in [0.15, 0.2) is 21.2 Å². The fourth-order valence-electron chi connectivity index (χ4n) is 6.90. The fourth-order valence-corrected chi connectivity index (χ4v) is 8.50. The van der Waals surface area contributed by atoms with Crippen LogP contribution in [0, 0.1) is 17.8 Å². The molecule has 4 amide bonds. The summed E-state index contributed by atoms with van der Waals surface area (Å²) >= 11 is 23.8. The lowest BCUT2D eigenvalue weighted by atomic mass is 9.56. The summed E-state index contributed by atoms with van der Waals surface area (Å²) in [6, 6.07) is 9.53. The van der Waals surface area contributed by atoms with Gasteiger partial charge in [-0.05, 0) is 55.2 Å². The van der Waals surface area contributed by atoms with E-state index in [0.29, 0.717) is 20.8 Å². The minimum absolute atomic E-state index is 0.118. The molecular formula is C28H22BrCl3N2O6. The number of phenolic OH excluding ortho intramolecular Hbond substituents is 1. The molecule has 0 spiro atoms. The molecule has 2 aromatic rings. The lowest BCUT2D eigenvalue weighted by Gasteiger charge is -2.50. The van der Waals surface area contributed by atoms with Crippen molar-refractivity contribution in [2.75, 3.05) is 19.1 Å². The average Bonchev–Trinajstić information content (AvgIpc) is 3.25. The second kappa shape index (κ2) is 9.21. The minimum atomic E-state index is -2.01. The number of allylic oxidation sites excluding steroid dienone is 2. The van der Waals surface area contributed by atoms with Crippen molar-refractivity contribution < 1.29 is 29.0 Å². The normalized spacial score (nSPS) is 33.1. The highest BCUT2D eigenvalue weighted by atomic mass is 79.9. The molecule has 2 heterocycles. The van der Waals surface area contributed by atoms with E-state index < -0.39 is 51.1 Å². The Morgan fingerprint density at radius 3 is 2.35 bits per heavy atom.